The molecular weight excluding hydrogens is 433 g/mol. The van der Waals surface area contributed by atoms with Crippen LogP contribution in [-0.4, -0.2) is 18.8 Å². The average Bonchev–Trinajstić information content (AvgIpc) is 3.11. The van der Waals surface area contributed by atoms with Crippen LogP contribution < -0.4 is 4.74 Å². The number of carbonyl (C=O) groups excluding carboxylic acids is 1. The van der Waals surface area contributed by atoms with Gasteiger partial charge in [-0.2, -0.15) is 26.3 Å². The third-order valence-corrected chi connectivity index (χ3v) is 4.99. The first kappa shape index (κ1) is 23.3. The molecule has 0 N–H and O–H groups in total. The van der Waals surface area contributed by atoms with Gasteiger partial charge in [0.25, 0.3) is 0 Å². The number of ether oxygens (including phenoxy) is 2. The van der Waals surface area contributed by atoms with Gasteiger partial charge in [0.2, 0.25) is 5.82 Å². The first-order chi connectivity index (χ1) is 13.1. The summed E-state index contributed by atoms with van der Waals surface area (Å²) in [5.41, 5.74) is -2.70. The molecule has 29 heavy (non-hydrogen) atoms. The summed E-state index contributed by atoms with van der Waals surface area (Å²) in [4.78, 5) is 12.1. The molecule has 1 saturated carbocycles. The smallest absolute Gasteiger partial charge is 0.431 e. The molecule has 2 atom stereocenters. The molecule has 162 valence electrons. The lowest BCUT2D eigenvalue weighted by molar-refractivity contribution is -0.243. The second-order valence-electron chi connectivity index (χ2n) is 6.95. The highest BCUT2D eigenvalue weighted by Crippen LogP contribution is 2.61. The Morgan fingerprint density at radius 3 is 2.28 bits per heavy atom. The summed E-state index contributed by atoms with van der Waals surface area (Å²) in [7, 11) is 0. The second-order valence-corrected chi connectivity index (χ2v) is 7.35. The molecule has 3 nitrogen and oxygen atoms in total. The molecule has 1 aromatic rings. The zero-order valence-electron chi connectivity index (χ0n) is 15.3. The van der Waals surface area contributed by atoms with E-state index in [2.05, 4.69) is 4.74 Å². The van der Waals surface area contributed by atoms with E-state index in [1.165, 1.54) is 20.8 Å². The van der Waals surface area contributed by atoms with Crippen LogP contribution in [0.15, 0.2) is 23.2 Å². The van der Waals surface area contributed by atoms with Crippen molar-refractivity contribution in [3.05, 3.63) is 40.4 Å². The van der Waals surface area contributed by atoms with E-state index < -0.39 is 63.5 Å². The van der Waals surface area contributed by atoms with E-state index >= 15 is 0 Å². The lowest BCUT2D eigenvalue weighted by atomic mass is 10.1. The number of hydrogen-bond acceptors (Lipinski definition) is 3. The summed E-state index contributed by atoms with van der Waals surface area (Å²) < 4.78 is 103. The van der Waals surface area contributed by atoms with Gasteiger partial charge in [0, 0.05) is 0 Å². The maximum atomic E-state index is 14.3. The molecule has 0 aromatic heterocycles. The Morgan fingerprint density at radius 2 is 1.76 bits per heavy atom. The van der Waals surface area contributed by atoms with E-state index in [1.54, 1.807) is 0 Å². The van der Waals surface area contributed by atoms with Crippen molar-refractivity contribution in [2.45, 2.75) is 33.1 Å². The van der Waals surface area contributed by atoms with Gasteiger partial charge in [0.05, 0.1) is 12.5 Å². The number of alkyl halides is 5. The third-order valence-electron chi connectivity index (χ3n) is 4.65. The van der Waals surface area contributed by atoms with Crippen molar-refractivity contribution in [2.75, 3.05) is 6.61 Å². The number of esters is 1. The summed E-state index contributed by atoms with van der Waals surface area (Å²) in [6.07, 6.45) is -8.88. The molecular formula is C18H16ClF7O3. The molecule has 0 radical (unpaired) electrons. The Balaban J connectivity index is 2.23. The van der Waals surface area contributed by atoms with Crippen molar-refractivity contribution in [1.82, 2.24) is 0 Å². The van der Waals surface area contributed by atoms with E-state index in [0.29, 0.717) is 12.1 Å². The monoisotopic (exact) mass is 448 g/mol. The van der Waals surface area contributed by atoms with Crippen LogP contribution in [0.25, 0.3) is 0 Å². The van der Waals surface area contributed by atoms with Crippen molar-refractivity contribution in [3.8, 4) is 5.75 Å². The van der Waals surface area contributed by atoms with Crippen molar-refractivity contribution in [1.29, 1.82) is 0 Å². The van der Waals surface area contributed by atoms with E-state index in [9.17, 15) is 35.5 Å². The number of halogens is 8. The highest BCUT2D eigenvalue weighted by molar-refractivity contribution is 6.30. The van der Waals surface area contributed by atoms with E-state index in [1.807, 2.05) is 0 Å². The summed E-state index contributed by atoms with van der Waals surface area (Å²) in [5.74, 6) is -8.33. The van der Waals surface area contributed by atoms with Crippen LogP contribution in [0, 0.1) is 28.9 Å². The SMILES string of the molecule is CCOc1ccc(C(F)(F)OC(=O)C2C(C=C(Cl)C(F)(F)F)C2(C)C)c(F)c1F. The topological polar surface area (TPSA) is 35.5 Å². The molecule has 2 rings (SSSR count). The third kappa shape index (κ3) is 4.62. The molecule has 1 aliphatic carbocycles. The molecule has 11 heteroatoms. The fourth-order valence-electron chi connectivity index (χ4n) is 2.96. The molecule has 0 bridgehead atoms. The average molecular weight is 449 g/mol. The minimum Gasteiger partial charge on any atom is -0.491 e. The van der Waals surface area contributed by atoms with Gasteiger partial charge < -0.3 is 9.47 Å². The fourth-order valence-corrected chi connectivity index (χ4v) is 3.10. The Labute approximate surface area is 166 Å². The maximum absolute atomic E-state index is 14.3. The van der Waals surface area contributed by atoms with Crippen molar-refractivity contribution < 1.29 is 45.0 Å². The van der Waals surface area contributed by atoms with Gasteiger partial charge in [-0.1, -0.05) is 31.5 Å². The lowest BCUT2D eigenvalue weighted by Crippen LogP contribution is -2.26. The normalized spacial score (nSPS) is 21.7. The van der Waals surface area contributed by atoms with Gasteiger partial charge in [-0.05, 0) is 30.4 Å². The molecule has 0 spiro atoms. The van der Waals surface area contributed by atoms with Gasteiger partial charge in [-0.15, -0.1) is 0 Å². The molecule has 0 amide bonds. The maximum Gasteiger partial charge on any atom is 0.431 e. The predicted molar refractivity (Wildman–Crippen MR) is 88.3 cm³/mol. The molecule has 0 aliphatic heterocycles. The van der Waals surface area contributed by atoms with Crippen LogP contribution in [0.1, 0.15) is 26.3 Å². The minimum absolute atomic E-state index is 0.0484. The molecule has 1 fully saturated rings. The first-order valence-corrected chi connectivity index (χ1v) is 8.68. The van der Waals surface area contributed by atoms with Crippen molar-refractivity contribution >= 4 is 17.6 Å². The molecule has 2 unspecified atom stereocenters. The van der Waals surface area contributed by atoms with Crippen molar-refractivity contribution in [3.63, 3.8) is 0 Å². The number of rotatable bonds is 6. The Morgan fingerprint density at radius 1 is 1.17 bits per heavy atom. The molecule has 0 saturated heterocycles. The summed E-state index contributed by atoms with van der Waals surface area (Å²) in [6, 6.07) is 1.24. The van der Waals surface area contributed by atoms with Gasteiger partial charge in [-0.3, -0.25) is 4.79 Å². The Kier molecular flexibility index (Phi) is 6.19. The Hall–Kier alpha value is -1.97. The van der Waals surface area contributed by atoms with E-state index in [4.69, 9.17) is 16.3 Å². The minimum atomic E-state index is -4.86. The number of carbonyl (C=O) groups is 1. The fraction of sp³-hybridized carbons (Fsp3) is 0.500. The summed E-state index contributed by atoms with van der Waals surface area (Å²) in [5, 5.41) is -1.50. The van der Waals surface area contributed by atoms with Crippen LogP contribution in [0.4, 0.5) is 30.7 Å². The highest BCUT2D eigenvalue weighted by Gasteiger charge is 2.63. The largest absolute Gasteiger partial charge is 0.491 e. The van der Waals surface area contributed by atoms with Crippen LogP contribution in [-0.2, 0) is 15.6 Å². The number of hydrogen-bond donors (Lipinski definition) is 0. The van der Waals surface area contributed by atoms with Gasteiger partial charge in [0.1, 0.15) is 10.6 Å². The van der Waals surface area contributed by atoms with Crippen LogP contribution in [0.5, 0.6) is 5.75 Å². The standard InChI is InChI=1S/C18H16ClF7O3/c1-4-28-10-6-5-8(13(20)14(10)21)18(25,26)29-15(27)12-9(16(12,2)3)7-11(19)17(22,23)24/h5-7,9,12H,4H2,1-3H3. The zero-order valence-corrected chi connectivity index (χ0v) is 16.1. The van der Waals surface area contributed by atoms with E-state index in [-0.39, 0.29) is 6.61 Å². The number of benzene rings is 1. The quantitative estimate of drug-likeness (QED) is 0.401. The van der Waals surface area contributed by atoms with Gasteiger partial charge in [0.15, 0.2) is 11.6 Å². The predicted octanol–water partition coefficient (Wildman–Crippen LogP) is 5.91. The zero-order chi connectivity index (χ0) is 22.4. The summed E-state index contributed by atoms with van der Waals surface area (Å²) in [6.45, 7) is 4.13. The highest BCUT2D eigenvalue weighted by atomic mass is 35.5. The number of allylic oxidation sites excluding steroid dienone is 2. The van der Waals surface area contributed by atoms with E-state index in [0.717, 1.165) is 6.07 Å². The van der Waals surface area contributed by atoms with Crippen molar-refractivity contribution in [2.24, 2.45) is 17.3 Å². The molecule has 1 aliphatic rings. The van der Waals surface area contributed by atoms with Crippen LogP contribution in [0.2, 0.25) is 0 Å². The molecule has 0 heterocycles. The lowest BCUT2D eigenvalue weighted by Gasteiger charge is -2.19. The second kappa shape index (κ2) is 7.70. The van der Waals surface area contributed by atoms with Gasteiger partial charge in [-0.25, -0.2) is 4.39 Å². The van der Waals surface area contributed by atoms with Crippen LogP contribution >= 0.6 is 11.6 Å². The Bertz CT molecular complexity index is 833. The van der Waals surface area contributed by atoms with Gasteiger partial charge >= 0.3 is 18.3 Å². The van der Waals surface area contributed by atoms with Crippen LogP contribution in [0.3, 0.4) is 0 Å². The molecule has 1 aromatic carbocycles. The first-order valence-electron chi connectivity index (χ1n) is 8.31. The summed E-state index contributed by atoms with van der Waals surface area (Å²) >= 11 is 5.13.